The summed E-state index contributed by atoms with van der Waals surface area (Å²) in [6.07, 6.45) is 17.7. The molecule has 5 heteroatoms. The fourth-order valence-corrected chi connectivity index (χ4v) is 6.28. The Balaban J connectivity index is 3.33. The fraction of sp³-hybridized carbons (Fsp3) is 0.864. The van der Waals surface area contributed by atoms with Gasteiger partial charge in [0, 0.05) is 20.3 Å². The van der Waals surface area contributed by atoms with Crippen LogP contribution in [0.25, 0.3) is 0 Å². The van der Waals surface area contributed by atoms with Crippen LogP contribution < -0.4 is 0 Å². The first-order valence-corrected chi connectivity index (χ1v) is 13.3. The van der Waals surface area contributed by atoms with E-state index < -0.39 is 8.56 Å². The van der Waals surface area contributed by atoms with Crippen molar-refractivity contribution in [1.29, 1.82) is 0 Å². The summed E-state index contributed by atoms with van der Waals surface area (Å²) in [5.74, 6) is -0.310. The molecule has 160 valence electrons. The van der Waals surface area contributed by atoms with Gasteiger partial charge < -0.3 is 13.6 Å². The number of esters is 1. The molecule has 0 aromatic rings. The van der Waals surface area contributed by atoms with Gasteiger partial charge in [-0.3, -0.25) is 0 Å². The highest BCUT2D eigenvalue weighted by Crippen LogP contribution is 2.23. The monoisotopic (exact) mass is 400 g/mol. The van der Waals surface area contributed by atoms with Gasteiger partial charge in [0.05, 0.1) is 6.61 Å². The molecule has 0 amide bonds. The SMILES string of the molecule is C=CC(=O)OCCCCCCCCCCCCCC[Si](CCC)(OC)OC. The molecule has 0 N–H and O–H groups in total. The van der Waals surface area contributed by atoms with Gasteiger partial charge >= 0.3 is 14.5 Å². The molecule has 0 bridgehead atoms. The molecule has 0 heterocycles. The molecule has 0 aromatic heterocycles. The third-order valence-electron chi connectivity index (χ3n) is 5.24. The Morgan fingerprint density at radius 1 is 0.778 bits per heavy atom. The van der Waals surface area contributed by atoms with Crippen molar-refractivity contribution < 1.29 is 18.4 Å². The maximum absolute atomic E-state index is 10.9. The summed E-state index contributed by atoms with van der Waals surface area (Å²) < 4.78 is 16.5. The number of unbranched alkanes of at least 4 members (excludes halogenated alkanes) is 11. The third kappa shape index (κ3) is 15.0. The minimum atomic E-state index is -1.88. The Hall–Kier alpha value is -0.653. The second-order valence-electron chi connectivity index (χ2n) is 7.43. The first-order chi connectivity index (χ1) is 13.1. The first-order valence-electron chi connectivity index (χ1n) is 11.0. The molecule has 0 aliphatic rings. The van der Waals surface area contributed by atoms with Gasteiger partial charge in [0.1, 0.15) is 0 Å². The number of carbonyl (C=O) groups is 1. The van der Waals surface area contributed by atoms with E-state index in [1.165, 1.54) is 70.3 Å². The first kappa shape index (κ1) is 26.3. The lowest BCUT2D eigenvalue weighted by molar-refractivity contribution is -0.137. The zero-order chi connectivity index (χ0) is 20.2. The van der Waals surface area contributed by atoms with Crippen LogP contribution in [0.4, 0.5) is 0 Å². The molecule has 0 aliphatic heterocycles. The van der Waals surface area contributed by atoms with E-state index in [1.807, 2.05) is 14.2 Å². The van der Waals surface area contributed by atoms with Crippen LogP contribution in [-0.4, -0.2) is 35.4 Å². The Morgan fingerprint density at radius 2 is 1.22 bits per heavy atom. The second kappa shape index (κ2) is 18.7. The molecule has 0 fully saturated rings. The smallest absolute Gasteiger partial charge is 0.337 e. The second-order valence-corrected chi connectivity index (χ2v) is 11.1. The largest absolute Gasteiger partial charge is 0.463 e. The van der Waals surface area contributed by atoms with Gasteiger partial charge in [-0.15, -0.1) is 0 Å². The van der Waals surface area contributed by atoms with E-state index in [0.717, 1.165) is 31.4 Å². The van der Waals surface area contributed by atoms with Crippen LogP contribution >= 0.6 is 0 Å². The van der Waals surface area contributed by atoms with E-state index >= 15 is 0 Å². The molecule has 0 unspecified atom stereocenters. The maximum Gasteiger partial charge on any atom is 0.337 e. The van der Waals surface area contributed by atoms with E-state index in [2.05, 4.69) is 13.5 Å². The lowest BCUT2D eigenvalue weighted by Crippen LogP contribution is -2.39. The highest BCUT2D eigenvalue weighted by atomic mass is 28.4. The number of carbonyl (C=O) groups excluding carboxylic acids is 1. The molecule has 0 aliphatic carbocycles. The predicted molar refractivity (Wildman–Crippen MR) is 116 cm³/mol. The molecule has 0 saturated heterocycles. The van der Waals surface area contributed by atoms with Crippen LogP contribution in [0.15, 0.2) is 12.7 Å². The highest BCUT2D eigenvalue weighted by Gasteiger charge is 2.33. The van der Waals surface area contributed by atoms with E-state index in [0.29, 0.717) is 6.61 Å². The maximum atomic E-state index is 10.9. The van der Waals surface area contributed by atoms with Crippen molar-refractivity contribution in [3.8, 4) is 0 Å². The zero-order valence-electron chi connectivity index (χ0n) is 18.2. The number of rotatable bonds is 20. The molecule has 27 heavy (non-hydrogen) atoms. The minimum Gasteiger partial charge on any atom is -0.463 e. The number of ether oxygens (including phenoxy) is 1. The van der Waals surface area contributed by atoms with Crippen LogP contribution in [0.2, 0.25) is 12.1 Å². The van der Waals surface area contributed by atoms with Gasteiger partial charge in [0.25, 0.3) is 0 Å². The van der Waals surface area contributed by atoms with Crippen molar-refractivity contribution in [2.24, 2.45) is 0 Å². The Kier molecular flexibility index (Phi) is 18.2. The predicted octanol–water partition coefficient (Wildman–Crippen LogP) is 6.54. The zero-order valence-corrected chi connectivity index (χ0v) is 19.2. The average molecular weight is 401 g/mol. The Bertz CT molecular complexity index is 356. The number of hydrogen-bond acceptors (Lipinski definition) is 4. The summed E-state index contributed by atoms with van der Waals surface area (Å²) >= 11 is 0. The van der Waals surface area contributed by atoms with Gasteiger partial charge in [0.2, 0.25) is 0 Å². The minimum absolute atomic E-state index is 0.310. The van der Waals surface area contributed by atoms with Gasteiger partial charge in [-0.05, 0) is 18.5 Å². The van der Waals surface area contributed by atoms with Gasteiger partial charge in [-0.25, -0.2) is 4.79 Å². The van der Waals surface area contributed by atoms with E-state index in [4.69, 9.17) is 13.6 Å². The summed E-state index contributed by atoms with van der Waals surface area (Å²) in [5.41, 5.74) is 0. The van der Waals surface area contributed by atoms with Gasteiger partial charge in [0.15, 0.2) is 0 Å². The molecule has 0 rings (SSSR count). The molecule has 0 aromatic carbocycles. The molecule has 0 atom stereocenters. The van der Waals surface area contributed by atoms with Crippen molar-refractivity contribution in [3.05, 3.63) is 12.7 Å². The molecule has 4 nitrogen and oxygen atoms in total. The quantitative estimate of drug-likeness (QED) is 0.101. The van der Waals surface area contributed by atoms with Crippen LogP contribution in [0.1, 0.15) is 90.4 Å². The summed E-state index contributed by atoms with van der Waals surface area (Å²) in [5, 5.41) is 0. The van der Waals surface area contributed by atoms with Crippen LogP contribution in [0.3, 0.4) is 0 Å². The van der Waals surface area contributed by atoms with Gasteiger partial charge in [-0.2, -0.15) is 0 Å². The van der Waals surface area contributed by atoms with Crippen molar-refractivity contribution >= 4 is 14.5 Å². The standard InChI is InChI=1S/C22H44O4Si/c1-5-20-27(24-3,25-4)21-18-16-14-12-10-8-7-9-11-13-15-17-19-26-22(23)6-2/h6H,2,5,7-21H2,1,3-4H3. The van der Waals surface area contributed by atoms with Crippen molar-refractivity contribution in [2.45, 2.75) is 102 Å². The van der Waals surface area contributed by atoms with Crippen molar-refractivity contribution in [3.63, 3.8) is 0 Å². The highest BCUT2D eigenvalue weighted by molar-refractivity contribution is 6.67. The topological polar surface area (TPSA) is 44.8 Å². The lowest BCUT2D eigenvalue weighted by atomic mass is 10.1. The van der Waals surface area contributed by atoms with Crippen molar-refractivity contribution in [2.75, 3.05) is 20.8 Å². The van der Waals surface area contributed by atoms with Crippen molar-refractivity contribution in [1.82, 2.24) is 0 Å². The fourth-order valence-electron chi connectivity index (χ4n) is 3.49. The number of hydrogen-bond donors (Lipinski definition) is 0. The molecule has 0 radical (unpaired) electrons. The Labute approximate surface area is 169 Å². The van der Waals surface area contributed by atoms with Crippen LogP contribution in [0, 0.1) is 0 Å². The summed E-state index contributed by atoms with van der Waals surface area (Å²) in [6.45, 7) is 6.12. The van der Waals surface area contributed by atoms with E-state index in [9.17, 15) is 4.79 Å². The lowest BCUT2D eigenvalue weighted by Gasteiger charge is -2.27. The summed E-state index contributed by atoms with van der Waals surface area (Å²) in [7, 11) is 1.76. The van der Waals surface area contributed by atoms with E-state index in [1.54, 1.807) is 0 Å². The van der Waals surface area contributed by atoms with Crippen LogP contribution in [0.5, 0.6) is 0 Å². The van der Waals surface area contributed by atoms with E-state index in [-0.39, 0.29) is 5.97 Å². The average Bonchev–Trinajstić information content (AvgIpc) is 2.69. The Morgan fingerprint density at radius 3 is 1.63 bits per heavy atom. The summed E-state index contributed by atoms with van der Waals surface area (Å²) in [4.78, 5) is 10.9. The van der Waals surface area contributed by atoms with Gasteiger partial charge in [-0.1, -0.05) is 90.6 Å². The molecular formula is C22H44O4Si. The molecule has 0 spiro atoms. The normalized spacial score (nSPS) is 11.5. The third-order valence-corrected chi connectivity index (χ3v) is 9.10. The molecule has 0 saturated carbocycles. The summed E-state index contributed by atoms with van der Waals surface area (Å²) in [6, 6.07) is 2.25. The van der Waals surface area contributed by atoms with Crippen LogP contribution in [-0.2, 0) is 18.4 Å². The molecular weight excluding hydrogens is 356 g/mol.